The maximum absolute atomic E-state index is 7.00. The first-order chi connectivity index (χ1) is 6.55. The van der Waals surface area contributed by atoms with Crippen LogP contribution in [0, 0.1) is 5.92 Å². The molecule has 1 rings (SSSR count). The van der Waals surface area contributed by atoms with E-state index in [1.54, 1.807) is 11.1 Å². The fraction of sp³-hybridized carbons (Fsp3) is 0.667. The van der Waals surface area contributed by atoms with E-state index in [1.165, 1.54) is 11.1 Å². The Labute approximate surface area is 109 Å². The molecule has 0 radical (unpaired) electrons. The van der Waals surface area contributed by atoms with Gasteiger partial charge in [-0.15, -0.1) is 0 Å². The van der Waals surface area contributed by atoms with Crippen LogP contribution in [0.2, 0.25) is 0 Å². The summed E-state index contributed by atoms with van der Waals surface area (Å²) in [5, 5.41) is 14.0. The van der Waals surface area contributed by atoms with Gasteiger partial charge in [0.15, 0.2) is 0 Å². The van der Waals surface area contributed by atoms with Crippen molar-refractivity contribution in [1.29, 1.82) is 0 Å². The summed E-state index contributed by atoms with van der Waals surface area (Å²) < 4.78 is 0. The van der Waals surface area contributed by atoms with Crippen LogP contribution in [0.25, 0.3) is 0 Å². The van der Waals surface area contributed by atoms with Crippen molar-refractivity contribution in [3.05, 3.63) is 22.3 Å². The van der Waals surface area contributed by atoms with Gasteiger partial charge in [0.05, 0.1) is 0 Å². The second-order valence-corrected chi connectivity index (χ2v) is 3.34. The Hall–Kier alpha value is 0.114. The number of aliphatic hydroxyl groups is 2. The number of hydrogen-bond acceptors (Lipinski definition) is 2. The summed E-state index contributed by atoms with van der Waals surface area (Å²) in [7, 11) is 2.00. The average Bonchev–Trinajstić information content (AvgIpc) is 2.42. The molecule has 0 aromatic carbocycles. The van der Waals surface area contributed by atoms with Gasteiger partial charge in [0.1, 0.15) is 0 Å². The molecule has 0 amide bonds. The van der Waals surface area contributed by atoms with Crippen LogP contribution in [0.4, 0.5) is 0 Å². The molecule has 2 N–H and O–H groups in total. The van der Waals surface area contributed by atoms with Crippen molar-refractivity contribution in [3.8, 4) is 0 Å². The van der Waals surface area contributed by atoms with Crippen molar-refractivity contribution in [2.75, 3.05) is 14.2 Å². The Balaban J connectivity index is -0.000000258. The van der Waals surface area contributed by atoms with E-state index in [0.717, 1.165) is 14.2 Å². The smallest absolute Gasteiger partial charge is 0.0319 e. The molecule has 0 heterocycles. The molecule has 1 aliphatic rings. The van der Waals surface area contributed by atoms with Crippen molar-refractivity contribution in [3.63, 3.8) is 0 Å². The normalized spacial score (nSPS) is 15.0. The molecule has 0 atom stereocenters. The first-order valence-corrected chi connectivity index (χ1v) is 4.80. The average molecular weight is 248 g/mol. The molecule has 0 saturated heterocycles. The standard InChI is InChI=1S/C10H16.2CH4O.Ti/c1-6-7(2)9(4)10(5)8(6)3;2*1-2;/h6H,1-5H3;2*2H,1H3;. The van der Waals surface area contributed by atoms with Crippen LogP contribution in [0.1, 0.15) is 34.6 Å². The number of allylic oxidation sites excluding steroid dienone is 4. The fourth-order valence-corrected chi connectivity index (χ4v) is 1.57. The quantitative estimate of drug-likeness (QED) is 0.647. The van der Waals surface area contributed by atoms with Gasteiger partial charge in [0.2, 0.25) is 0 Å². The molecular formula is C12H24O2Ti. The molecule has 2 nitrogen and oxygen atoms in total. The van der Waals surface area contributed by atoms with Crippen molar-refractivity contribution >= 4 is 0 Å². The van der Waals surface area contributed by atoms with E-state index >= 15 is 0 Å². The summed E-state index contributed by atoms with van der Waals surface area (Å²) in [4.78, 5) is 0. The third-order valence-electron chi connectivity index (χ3n) is 3.04. The van der Waals surface area contributed by atoms with Crippen LogP contribution in [-0.4, -0.2) is 24.4 Å². The number of hydrogen-bond donors (Lipinski definition) is 2. The molecule has 0 bridgehead atoms. The Morgan fingerprint density at radius 2 is 0.933 bits per heavy atom. The van der Waals surface area contributed by atoms with E-state index in [4.69, 9.17) is 10.2 Å². The number of rotatable bonds is 0. The van der Waals surface area contributed by atoms with E-state index < -0.39 is 0 Å². The molecule has 15 heavy (non-hydrogen) atoms. The molecule has 0 spiro atoms. The van der Waals surface area contributed by atoms with Gasteiger partial charge in [-0.2, -0.15) is 0 Å². The van der Waals surface area contributed by atoms with E-state index in [0.29, 0.717) is 5.92 Å². The Bertz CT molecular complexity index is 206. The fourth-order valence-electron chi connectivity index (χ4n) is 1.57. The first kappa shape index (κ1) is 20.5. The van der Waals surface area contributed by atoms with Gasteiger partial charge in [-0.1, -0.05) is 18.1 Å². The molecule has 0 aromatic rings. The Morgan fingerprint density at radius 1 is 0.733 bits per heavy atom. The maximum atomic E-state index is 7.00. The van der Waals surface area contributed by atoms with Gasteiger partial charge in [0, 0.05) is 35.9 Å². The molecule has 88 valence electrons. The van der Waals surface area contributed by atoms with Gasteiger partial charge in [-0.05, 0) is 44.8 Å². The van der Waals surface area contributed by atoms with Gasteiger partial charge < -0.3 is 10.2 Å². The van der Waals surface area contributed by atoms with Crippen molar-refractivity contribution in [2.45, 2.75) is 34.6 Å². The van der Waals surface area contributed by atoms with E-state index in [2.05, 4.69) is 34.6 Å². The summed E-state index contributed by atoms with van der Waals surface area (Å²) in [5.74, 6) is 0.694. The van der Waals surface area contributed by atoms with Crippen LogP contribution >= 0.6 is 0 Å². The topological polar surface area (TPSA) is 40.5 Å². The minimum Gasteiger partial charge on any atom is -0.400 e. The van der Waals surface area contributed by atoms with E-state index in [9.17, 15) is 0 Å². The zero-order valence-corrected chi connectivity index (χ0v) is 12.5. The number of aliphatic hydroxyl groups excluding tert-OH is 2. The predicted molar refractivity (Wildman–Crippen MR) is 62.2 cm³/mol. The SMILES string of the molecule is CC1=C(C)C(C)C(C)=C1C.CO.CO.[Ti]. The minimum absolute atomic E-state index is 0. The first-order valence-electron chi connectivity index (χ1n) is 4.80. The molecule has 0 saturated carbocycles. The summed E-state index contributed by atoms with van der Waals surface area (Å²) in [6.45, 7) is 11.2. The predicted octanol–water partition coefficient (Wildman–Crippen LogP) is 2.52. The van der Waals surface area contributed by atoms with Crippen LogP contribution < -0.4 is 0 Å². The van der Waals surface area contributed by atoms with Crippen LogP contribution in [0.5, 0.6) is 0 Å². The van der Waals surface area contributed by atoms with Gasteiger partial charge in [-0.25, -0.2) is 0 Å². The molecule has 0 aliphatic heterocycles. The minimum atomic E-state index is 0. The van der Waals surface area contributed by atoms with Crippen LogP contribution in [0.15, 0.2) is 22.3 Å². The third-order valence-corrected chi connectivity index (χ3v) is 3.04. The molecule has 3 heteroatoms. The Kier molecular flexibility index (Phi) is 14.5. The van der Waals surface area contributed by atoms with E-state index in [1.807, 2.05) is 0 Å². The largest absolute Gasteiger partial charge is 0.400 e. The van der Waals surface area contributed by atoms with Crippen molar-refractivity contribution in [1.82, 2.24) is 0 Å². The van der Waals surface area contributed by atoms with Gasteiger partial charge >= 0.3 is 0 Å². The summed E-state index contributed by atoms with van der Waals surface area (Å²) in [5.41, 5.74) is 6.11. The zero-order chi connectivity index (χ0) is 11.9. The van der Waals surface area contributed by atoms with Crippen LogP contribution in [-0.2, 0) is 21.7 Å². The van der Waals surface area contributed by atoms with Gasteiger partial charge in [-0.3, -0.25) is 0 Å². The monoisotopic (exact) mass is 248 g/mol. The van der Waals surface area contributed by atoms with Gasteiger partial charge in [0.25, 0.3) is 0 Å². The second-order valence-electron chi connectivity index (χ2n) is 3.34. The summed E-state index contributed by atoms with van der Waals surface area (Å²) in [6, 6.07) is 0. The Morgan fingerprint density at radius 3 is 1.00 bits per heavy atom. The molecule has 1 aliphatic carbocycles. The summed E-state index contributed by atoms with van der Waals surface area (Å²) >= 11 is 0. The molecule has 0 fully saturated rings. The molecule has 0 unspecified atom stereocenters. The van der Waals surface area contributed by atoms with Crippen molar-refractivity contribution in [2.24, 2.45) is 5.92 Å². The van der Waals surface area contributed by atoms with Crippen LogP contribution in [0.3, 0.4) is 0 Å². The second kappa shape index (κ2) is 10.6. The maximum Gasteiger partial charge on any atom is 0.0319 e. The van der Waals surface area contributed by atoms with E-state index in [-0.39, 0.29) is 21.7 Å². The third kappa shape index (κ3) is 5.12. The zero-order valence-electron chi connectivity index (χ0n) is 11.0. The van der Waals surface area contributed by atoms with Crippen molar-refractivity contribution < 1.29 is 31.9 Å². The molecule has 0 aromatic heterocycles. The molecular weight excluding hydrogens is 224 g/mol. The summed E-state index contributed by atoms with van der Waals surface area (Å²) in [6.07, 6.45) is 0.